The number of carbonyl (C=O) groups excluding carboxylic acids is 2. The van der Waals surface area contributed by atoms with Gasteiger partial charge >= 0.3 is 5.97 Å². The van der Waals surface area contributed by atoms with Gasteiger partial charge in [-0.25, -0.2) is 14.2 Å². The zero-order valence-electron chi connectivity index (χ0n) is 11.1. The summed E-state index contributed by atoms with van der Waals surface area (Å²) >= 11 is 4.28. The van der Waals surface area contributed by atoms with Crippen LogP contribution in [0.2, 0.25) is 0 Å². The number of carbonyl (C=O) groups is 2. The van der Waals surface area contributed by atoms with Gasteiger partial charge in [0, 0.05) is 11.4 Å². The third kappa shape index (κ3) is 3.45. The topological polar surface area (TPSA) is 68.3 Å². The summed E-state index contributed by atoms with van der Waals surface area (Å²) in [5.74, 6) is -1.40. The highest BCUT2D eigenvalue weighted by atomic mass is 79.9. The number of benzene rings is 1. The number of aromatic nitrogens is 1. The molecule has 0 amide bonds. The largest absolute Gasteiger partial charge is 0.464 e. The summed E-state index contributed by atoms with van der Waals surface area (Å²) in [4.78, 5) is 27.4. The number of thiazole rings is 1. The molecule has 0 atom stereocenters. The molecular weight excluding hydrogens is 363 g/mol. The van der Waals surface area contributed by atoms with Crippen LogP contribution in [0, 0.1) is 5.82 Å². The lowest BCUT2D eigenvalue weighted by Crippen LogP contribution is -2.07. The summed E-state index contributed by atoms with van der Waals surface area (Å²) < 4.78 is 18.5. The Morgan fingerprint density at radius 2 is 2.14 bits per heavy atom. The zero-order valence-corrected chi connectivity index (χ0v) is 13.5. The molecule has 0 aliphatic carbocycles. The van der Waals surface area contributed by atoms with Crippen molar-refractivity contribution in [1.29, 1.82) is 0 Å². The lowest BCUT2D eigenvalue weighted by atomic mass is 10.3. The van der Waals surface area contributed by atoms with Crippen molar-refractivity contribution in [2.24, 2.45) is 0 Å². The van der Waals surface area contributed by atoms with Crippen LogP contribution < -0.4 is 5.32 Å². The van der Waals surface area contributed by atoms with Gasteiger partial charge in [-0.15, -0.1) is 0 Å². The molecule has 0 saturated heterocycles. The number of Topliss-reactive ketones (excluding diaryl/α,β-unsaturated/α-hetero) is 1. The van der Waals surface area contributed by atoms with Gasteiger partial charge in [0.05, 0.1) is 12.8 Å². The maximum Gasteiger partial charge on any atom is 0.358 e. The van der Waals surface area contributed by atoms with E-state index in [4.69, 9.17) is 0 Å². The second-order valence-electron chi connectivity index (χ2n) is 3.99. The average molecular weight is 373 g/mol. The van der Waals surface area contributed by atoms with Gasteiger partial charge in [-0.3, -0.25) is 4.79 Å². The van der Waals surface area contributed by atoms with Crippen LogP contribution in [0.1, 0.15) is 27.1 Å². The van der Waals surface area contributed by atoms with E-state index in [9.17, 15) is 14.0 Å². The number of ether oxygens (including phenoxy) is 1. The van der Waals surface area contributed by atoms with Gasteiger partial charge in [-0.05, 0) is 34.1 Å². The first-order chi connectivity index (χ1) is 9.92. The van der Waals surface area contributed by atoms with Crippen LogP contribution in [0.15, 0.2) is 22.7 Å². The molecule has 0 radical (unpaired) electrons. The molecule has 8 heteroatoms. The van der Waals surface area contributed by atoms with Crippen molar-refractivity contribution in [2.45, 2.75) is 6.92 Å². The SMILES string of the molecule is COC(=O)c1nc(Nc2cc(F)ccc2Br)sc1C(C)=O. The highest BCUT2D eigenvalue weighted by Gasteiger charge is 2.22. The standard InChI is InChI=1S/C13H10BrFN2O3S/c1-6(18)11-10(12(19)20-2)17-13(21-11)16-9-5-7(15)3-4-8(9)14/h3-5H,1-2H3,(H,16,17). The van der Waals surface area contributed by atoms with Crippen LogP contribution in [-0.2, 0) is 4.74 Å². The molecule has 0 unspecified atom stereocenters. The molecular formula is C13H10BrFN2O3S. The van der Waals surface area contributed by atoms with Crippen LogP contribution in [0.4, 0.5) is 15.2 Å². The van der Waals surface area contributed by atoms with Crippen LogP contribution in [0.25, 0.3) is 0 Å². The van der Waals surface area contributed by atoms with E-state index in [1.54, 1.807) is 6.07 Å². The summed E-state index contributed by atoms with van der Waals surface area (Å²) in [6, 6.07) is 4.12. The normalized spacial score (nSPS) is 10.3. The zero-order chi connectivity index (χ0) is 15.6. The Kier molecular flexibility index (Phi) is 4.69. The Morgan fingerprint density at radius 3 is 2.76 bits per heavy atom. The molecule has 0 fully saturated rings. The van der Waals surface area contributed by atoms with Gasteiger partial charge in [-0.2, -0.15) is 0 Å². The molecule has 0 aliphatic heterocycles. The average Bonchev–Trinajstić information content (AvgIpc) is 2.86. The van der Waals surface area contributed by atoms with E-state index < -0.39 is 11.8 Å². The van der Waals surface area contributed by atoms with Crippen LogP contribution >= 0.6 is 27.3 Å². The third-order valence-electron chi connectivity index (χ3n) is 2.50. The minimum Gasteiger partial charge on any atom is -0.464 e. The lowest BCUT2D eigenvalue weighted by molar-refractivity contribution is 0.0591. The smallest absolute Gasteiger partial charge is 0.358 e. The molecule has 110 valence electrons. The van der Waals surface area contributed by atoms with E-state index in [0.29, 0.717) is 15.3 Å². The number of hydrogen-bond donors (Lipinski definition) is 1. The quantitative estimate of drug-likeness (QED) is 0.653. The number of rotatable bonds is 4. The van der Waals surface area contributed by atoms with Crippen molar-refractivity contribution >= 4 is 49.8 Å². The molecule has 1 aromatic heterocycles. The van der Waals surface area contributed by atoms with Crippen LogP contribution in [0.5, 0.6) is 0 Å². The molecule has 2 aromatic rings. The number of halogens is 2. The first-order valence-electron chi connectivity index (χ1n) is 5.74. The van der Waals surface area contributed by atoms with Gasteiger partial charge < -0.3 is 10.1 Å². The third-order valence-corrected chi connectivity index (χ3v) is 4.26. The predicted octanol–water partition coefficient (Wildman–Crippen LogP) is 3.78. The second-order valence-corrected chi connectivity index (χ2v) is 5.85. The Bertz CT molecular complexity index is 717. The maximum absolute atomic E-state index is 13.2. The molecule has 1 aromatic carbocycles. The highest BCUT2D eigenvalue weighted by Crippen LogP contribution is 2.31. The highest BCUT2D eigenvalue weighted by molar-refractivity contribution is 9.10. The first-order valence-corrected chi connectivity index (χ1v) is 7.35. The fraction of sp³-hybridized carbons (Fsp3) is 0.154. The van der Waals surface area contributed by atoms with E-state index in [0.717, 1.165) is 11.3 Å². The van der Waals surface area contributed by atoms with E-state index in [1.165, 1.54) is 26.2 Å². The van der Waals surface area contributed by atoms with Crippen molar-refractivity contribution in [3.63, 3.8) is 0 Å². The summed E-state index contributed by atoms with van der Waals surface area (Å²) in [7, 11) is 1.21. The predicted molar refractivity (Wildman–Crippen MR) is 80.8 cm³/mol. The summed E-state index contributed by atoms with van der Waals surface area (Å²) in [5.41, 5.74) is 0.389. The molecule has 0 saturated carbocycles. The van der Waals surface area contributed by atoms with Crippen LogP contribution in [0.3, 0.4) is 0 Å². The summed E-state index contributed by atoms with van der Waals surface area (Å²) in [6.45, 7) is 1.34. The summed E-state index contributed by atoms with van der Waals surface area (Å²) in [6.07, 6.45) is 0. The first kappa shape index (κ1) is 15.6. The minimum absolute atomic E-state index is 0.0509. The molecule has 0 aliphatic rings. The molecule has 5 nitrogen and oxygen atoms in total. The minimum atomic E-state index is -0.692. The lowest BCUT2D eigenvalue weighted by Gasteiger charge is -2.04. The molecule has 1 N–H and O–H groups in total. The molecule has 0 bridgehead atoms. The van der Waals surface area contributed by atoms with Crippen molar-refractivity contribution in [3.05, 3.63) is 39.1 Å². The molecule has 1 heterocycles. The van der Waals surface area contributed by atoms with E-state index in [-0.39, 0.29) is 16.4 Å². The number of ketones is 1. The van der Waals surface area contributed by atoms with Crippen molar-refractivity contribution < 1.29 is 18.7 Å². The fourth-order valence-electron chi connectivity index (χ4n) is 1.56. The Morgan fingerprint density at radius 1 is 1.43 bits per heavy atom. The number of nitrogens with one attached hydrogen (secondary N) is 1. The van der Waals surface area contributed by atoms with Crippen molar-refractivity contribution in [2.75, 3.05) is 12.4 Å². The molecule has 0 spiro atoms. The van der Waals surface area contributed by atoms with Gasteiger partial charge in [0.1, 0.15) is 10.7 Å². The number of nitrogens with zero attached hydrogens (tertiary/aromatic N) is 1. The van der Waals surface area contributed by atoms with Gasteiger partial charge in [0.15, 0.2) is 16.6 Å². The number of anilines is 2. The van der Waals surface area contributed by atoms with Crippen molar-refractivity contribution in [1.82, 2.24) is 4.98 Å². The van der Waals surface area contributed by atoms with Crippen LogP contribution in [-0.4, -0.2) is 23.8 Å². The Balaban J connectivity index is 2.39. The Hall–Kier alpha value is -1.80. The van der Waals surface area contributed by atoms with Crippen molar-refractivity contribution in [3.8, 4) is 0 Å². The monoisotopic (exact) mass is 372 g/mol. The second kappa shape index (κ2) is 6.31. The van der Waals surface area contributed by atoms with Gasteiger partial charge in [0.25, 0.3) is 0 Å². The number of esters is 1. The van der Waals surface area contributed by atoms with Gasteiger partial charge in [0.2, 0.25) is 0 Å². The maximum atomic E-state index is 13.2. The molecule has 2 rings (SSSR count). The fourth-order valence-corrected chi connectivity index (χ4v) is 2.76. The number of methoxy groups -OCH3 is 1. The Labute approximate surface area is 132 Å². The van der Waals surface area contributed by atoms with Gasteiger partial charge in [-0.1, -0.05) is 11.3 Å². The molecule has 21 heavy (non-hydrogen) atoms. The number of hydrogen-bond acceptors (Lipinski definition) is 6. The van der Waals surface area contributed by atoms with E-state index in [1.807, 2.05) is 0 Å². The van der Waals surface area contributed by atoms with E-state index in [2.05, 4.69) is 31.0 Å². The summed E-state index contributed by atoms with van der Waals surface area (Å²) in [5, 5.41) is 3.17. The van der Waals surface area contributed by atoms with E-state index >= 15 is 0 Å².